The van der Waals surface area contributed by atoms with E-state index in [1.807, 2.05) is 54.6 Å². The highest BCUT2D eigenvalue weighted by Gasteiger charge is 2.10. The Balaban J connectivity index is 1.50. The number of nitrogens with zero attached hydrogens (tertiary/aromatic N) is 2. The van der Waals surface area contributed by atoms with E-state index in [1.165, 1.54) is 18.5 Å². The molecule has 4 aromatic rings. The zero-order chi connectivity index (χ0) is 24.0. The van der Waals surface area contributed by atoms with E-state index in [9.17, 15) is 12.8 Å². The molecule has 0 aliphatic carbocycles. The first kappa shape index (κ1) is 23.3. The predicted octanol–water partition coefficient (Wildman–Crippen LogP) is 4.65. The summed E-state index contributed by atoms with van der Waals surface area (Å²) in [6.07, 6.45) is 2.59. The Bertz CT molecular complexity index is 1380. The number of benzene rings is 3. The molecular weight excluding hydrogens is 455 g/mol. The number of aromatic nitrogens is 2. The molecule has 0 aliphatic heterocycles. The van der Waals surface area contributed by atoms with Gasteiger partial charge in [-0.15, -0.1) is 0 Å². The fourth-order valence-corrected chi connectivity index (χ4v) is 3.67. The maximum absolute atomic E-state index is 13.1. The van der Waals surface area contributed by atoms with Crippen molar-refractivity contribution >= 4 is 21.5 Å². The van der Waals surface area contributed by atoms with Crippen LogP contribution in [0.2, 0.25) is 0 Å². The molecule has 2 N–H and O–H groups in total. The molecule has 3 aromatic carbocycles. The van der Waals surface area contributed by atoms with Gasteiger partial charge in [-0.05, 0) is 47.5 Å². The van der Waals surface area contributed by atoms with Crippen molar-refractivity contribution in [3.05, 3.63) is 102 Å². The molecule has 0 fully saturated rings. The molecule has 0 atom stereocenters. The minimum atomic E-state index is -3.28. The van der Waals surface area contributed by atoms with E-state index in [1.54, 1.807) is 12.1 Å². The Morgan fingerprint density at radius 3 is 2.50 bits per heavy atom. The second kappa shape index (κ2) is 10.4. The lowest BCUT2D eigenvalue weighted by Crippen LogP contribution is -2.21. The Morgan fingerprint density at radius 2 is 1.71 bits per heavy atom. The number of ether oxygens (including phenoxy) is 1. The summed E-state index contributed by atoms with van der Waals surface area (Å²) in [6.45, 7) is 0.490. The first-order valence-electron chi connectivity index (χ1n) is 10.4. The molecule has 0 saturated heterocycles. The Morgan fingerprint density at radius 1 is 0.912 bits per heavy atom. The van der Waals surface area contributed by atoms with E-state index in [2.05, 4.69) is 20.0 Å². The smallest absolute Gasteiger partial charge is 0.209 e. The predicted molar refractivity (Wildman–Crippen MR) is 130 cm³/mol. The van der Waals surface area contributed by atoms with Crippen molar-refractivity contribution in [1.29, 1.82) is 0 Å². The highest BCUT2D eigenvalue weighted by atomic mass is 32.2. The second-order valence-electron chi connectivity index (χ2n) is 7.62. The summed E-state index contributed by atoms with van der Waals surface area (Å²) in [6, 6.07) is 22.9. The lowest BCUT2D eigenvalue weighted by molar-refractivity contribution is 0.307. The standard InChI is InChI=1S/C25H23FN4O3S/c1-34(31,32)29-15-19-5-4-6-21(13-19)30-25-14-23(27-17-28-25)22-7-2-3-8-24(22)33-16-18-9-11-20(26)12-10-18/h2-14,17,29H,15-16H2,1H3,(H,27,28,30). The van der Waals surface area contributed by atoms with Gasteiger partial charge in [-0.3, -0.25) is 0 Å². The van der Waals surface area contributed by atoms with Gasteiger partial charge < -0.3 is 10.1 Å². The van der Waals surface area contributed by atoms with Gasteiger partial charge in [-0.25, -0.2) is 27.5 Å². The second-order valence-corrected chi connectivity index (χ2v) is 9.45. The fourth-order valence-electron chi connectivity index (χ4n) is 3.24. The molecule has 0 unspecified atom stereocenters. The van der Waals surface area contributed by atoms with Crippen LogP contribution in [-0.2, 0) is 23.2 Å². The van der Waals surface area contributed by atoms with Crippen molar-refractivity contribution in [3.63, 3.8) is 0 Å². The minimum Gasteiger partial charge on any atom is -0.488 e. The molecule has 0 aliphatic rings. The number of anilines is 2. The van der Waals surface area contributed by atoms with Crippen LogP contribution in [0.1, 0.15) is 11.1 Å². The summed E-state index contributed by atoms with van der Waals surface area (Å²) >= 11 is 0. The maximum Gasteiger partial charge on any atom is 0.209 e. The summed E-state index contributed by atoms with van der Waals surface area (Å²) < 4.78 is 44.3. The summed E-state index contributed by atoms with van der Waals surface area (Å²) in [5, 5.41) is 3.23. The van der Waals surface area contributed by atoms with Crippen molar-refractivity contribution in [1.82, 2.24) is 14.7 Å². The molecule has 0 spiro atoms. The van der Waals surface area contributed by atoms with Crippen molar-refractivity contribution in [2.24, 2.45) is 0 Å². The van der Waals surface area contributed by atoms with Crippen LogP contribution in [-0.4, -0.2) is 24.6 Å². The Hall–Kier alpha value is -3.82. The van der Waals surface area contributed by atoms with Crippen LogP contribution in [0.3, 0.4) is 0 Å². The number of rotatable bonds is 9. The summed E-state index contributed by atoms with van der Waals surface area (Å²) in [5.41, 5.74) is 3.89. The number of halogens is 1. The molecular formula is C25H23FN4O3S. The van der Waals surface area contributed by atoms with Crippen molar-refractivity contribution in [2.75, 3.05) is 11.6 Å². The van der Waals surface area contributed by atoms with Gasteiger partial charge in [-0.1, -0.05) is 36.4 Å². The van der Waals surface area contributed by atoms with Gasteiger partial charge in [-0.2, -0.15) is 0 Å². The van der Waals surface area contributed by atoms with Gasteiger partial charge in [0.25, 0.3) is 0 Å². The molecule has 7 nitrogen and oxygen atoms in total. The van der Waals surface area contributed by atoms with E-state index < -0.39 is 10.0 Å². The van der Waals surface area contributed by atoms with Crippen LogP contribution in [0.15, 0.2) is 85.2 Å². The quantitative estimate of drug-likeness (QED) is 0.364. The maximum atomic E-state index is 13.1. The number of para-hydroxylation sites is 1. The van der Waals surface area contributed by atoms with Crippen LogP contribution in [0.4, 0.5) is 15.9 Å². The molecule has 4 rings (SSSR count). The third-order valence-electron chi connectivity index (χ3n) is 4.88. The molecule has 0 bridgehead atoms. The third-order valence-corrected chi connectivity index (χ3v) is 5.54. The van der Waals surface area contributed by atoms with Crippen LogP contribution < -0.4 is 14.8 Å². The molecule has 0 radical (unpaired) electrons. The molecule has 9 heteroatoms. The van der Waals surface area contributed by atoms with Gasteiger partial charge in [0.05, 0.1) is 11.9 Å². The minimum absolute atomic E-state index is 0.197. The Labute approximate surface area is 197 Å². The van der Waals surface area contributed by atoms with Crippen LogP contribution >= 0.6 is 0 Å². The fraction of sp³-hybridized carbons (Fsp3) is 0.120. The van der Waals surface area contributed by atoms with Crippen LogP contribution in [0.5, 0.6) is 5.75 Å². The van der Waals surface area contributed by atoms with E-state index >= 15 is 0 Å². The van der Waals surface area contributed by atoms with E-state index in [-0.39, 0.29) is 12.4 Å². The van der Waals surface area contributed by atoms with Gasteiger partial charge in [0.1, 0.15) is 30.3 Å². The summed E-state index contributed by atoms with van der Waals surface area (Å²) in [5.74, 6) is 0.930. The zero-order valence-corrected chi connectivity index (χ0v) is 19.2. The highest BCUT2D eigenvalue weighted by Crippen LogP contribution is 2.30. The monoisotopic (exact) mass is 478 g/mol. The van der Waals surface area contributed by atoms with Gasteiger partial charge >= 0.3 is 0 Å². The van der Waals surface area contributed by atoms with Crippen molar-refractivity contribution < 1.29 is 17.5 Å². The molecule has 34 heavy (non-hydrogen) atoms. The van der Waals surface area contributed by atoms with Crippen molar-refractivity contribution in [3.8, 4) is 17.0 Å². The SMILES string of the molecule is CS(=O)(=O)NCc1cccc(Nc2cc(-c3ccccc3OCc3ccc(F)cc3)ncn2)c1. The topological polar surface area (TPSA) is 93.2 Å². The van der Waals surface area contributed by atoms with Gasteiger partial charge in [0.2, 0.25) is 10.0 Å². The highest BCUT2D eigenvalue weighted by molar-refractivity contribution is 7.88. The van der Waals surface area contributed by atoms with Gasteiger partial charge in [0, 0.05) is 23.9 Å². The van der Waals surface area contributed by atoms with E-state index in [4.69, 9.17) is 4.74 Å². The molecule has 1 aromatic heterocycles. The average molecular weight is 479 g/mol. The lowest BCUT2D eigenvalue weighted by atomic mass is 10.1. The van der Waals surface area contributed by atoms with E-state index in [0.29, 0.717) is 23.9 Å². The first-order chi connectivity index (χ1) is 16.4. The summed E-state index contributed by atoms with van der Waals surface area (Å²) in [7, 11) is -3.28. The van der Waals surface area contributed by atoms with E-state index in [0.717, 1.165) is 28.6 Å². The first-order valence-corrected chi connectivity index (χ1v) is 12.3. The number of hydrogen-bond acceptors (Lipinski definition) is 6. The zero-order valence-electron chi connectivity index (χ0n) is 18.4. The Kier molecular flexibility index (Phi) is 7.15. The molecule has 1 heterocycles. The average Bonchev–Trinajstić information content (AvgIpc) is 2.83. The molecule has 0 saturated carbocycles. The van der Waals surface area contributed by atoms with Crippen molar-refractivity contribution in [2.45, 2.75) is 13.2 Å². The summed E-state index contributed by atoms with van der Waals surface area (Å²) in [4.78, 5) is 8.69. The third kappa shape index (κ3) is 6.60. The largest absolute Gasteiger partial charge is 0.488 e. The molecule has 174 valence electrons. The van der Waals surface area contributed by atoms with Crippen LogP contribution in [0, 0.1) is 5.82 Å². The normalized spacial score (nSPS) is 11.2. The van der Waals surface area contributed by atoms with Gasteiger partial charge in [0.15, 0.2) is 0 Å². The van der Waals surface area contributed by atoms with Crippen LogP contribution in [0.25, 0.3) is 11.3 Å². The number of sulfonamides is 1. The number of hydrogen-bond donors (Lipinski definition) is 2. The number of nitrogens with one attached hydrogen (secondary N) is 2. The lowest BCUT2D eigenvalue weighted by Gasteiger charge is -2.12. The molecule has 0 amide bonds.